The van der Waals surface area contributed by atoms with Gasteiger partial charge in [0, 0.05) is 21.9 Å². The summed E-state index contributed by atoms with van der Waals surface area (Å²) in [5, 5.41) is 0. The SMILES string of the molecule is Cc1ccc(S(=O)(=O)NCc2ccc(C(=O)c3ccccc3)s2)s1. The minimum atomic E-state index is -3.51. The molecule has 0 spiro atoms. The number of carbonyl (C=O) groups is 1. The van der Waals surface area contributed by atoms with Crippen LogP contribution in [0.3, 0.4) is 0 Å². The van der Waals surface area contributed by atoms with Crippen molar-refractivity contribution in [3.8, 4) is 0 Å². The molecule has 0 saturated heterocycles. The summed E-state index contributed by atoms with van der Waals surface area (Å²) in [4.78, 5) is 14.7. The van der Waals surface area contributed by atoms with Crippen molar-refractivity contribution in [2.45, 2.75) is 17.7 Å². The molecule has 24 heavy (non-hydrogen) atoms. The first-order valence-corrected chi connectivity index (χ1v) is 10.3. The molecule has 0 bridgehead atoms. The number of thiophene rings is 2. The Hall–Kier alpha value is -1.80. The van der Waals surface area contributed by atoms with Gasteiger partial charge in [0.15, 0.2) is 0 Å². The molecule has 0 saturated carbocycles. The van der Waals surface area contributed by atoms with Crippen molar-refractivity contribution in [2.75, 3.05) is 0 Å². The van der Waals surface area contributed by atoms with Gasteiger partial charge in [0.25, 0.3) is 0 Å². The molecule has 0 aliphatic rings. The third-order valence-corrected chi connectivity index (χ3v) is 7.32. The summed E-state index contributed by atoms with van der Waals surface area (Å²) in [6, 6.07) is 15.9. The molecule has 0 aliphatic carbocycles. The smallest absolute Gasteiger partial charge is 0.250 e. The van der Waals surface area contributed by atoms with Crippen molar-refractivity contribution < 1.29 is 13.2 Å². The minimum Gasteiger partial charge on any atom is -0.288 e. The number of benzene rings is 1. The van der Waals surface area contributed by atoms with Gasteiger partial charge in [0.2, 0.25) is 15.8 Å². The van der Waals surface area contributed by atoms with E-state index in [1.54, 1.807) is 36.4 Å². The van der Waals surface area contributed by atoms with Crippen LogP contribution in [0.4, 0.5) is 0 Å². The van der Waals surface area contributed by atoms with E-state index in [4.69, 9.17) is 0 Å². The van der Waals surface area contributed by atoms with Crippen LogP contribution >= 0.6 is 22.7 Å². The molecule has 0 amide bonds. The number of ketones is 1. The molecule has 3 rings (SSSR count). The summed E-state index contributed by atoms with van der Waals surface area (Å²) >= 11 is 2.54. The Labute approximate surface area is 148 Å². The third-order valence-electron chi connectivity index (χ3n) is 3.34. The summed E-state index contributed by atoms with van der Waals surface area (Å²) in [5.74, 6) is -0.0522. The van der Waals surface area contributed by atoms with E-state index in [2.05, 4.69) is 4.72 Å². The van der Waals surface area contributed by atoms with Crippen molar-refractivity contribution in [1.82, 2.24) is 4.72 Å². The van der Waals surface area contributed by atoms with Gasteiger partial charge in [-0.15, -0.1) is 22.7 Å². The molecule has 7 heteroatoms. The second-order valence-electron chi connectivity index (χ2n) is 5.15. The maximum Gasteiger partial charge on any atom is 0.250 e. The minimum absolute atomic E-state index is 0.0522. The van der Waals surface area contributed by atoms with E-state index in [-0.39, 0.29) is 12.3 Å². The Morgan fingerprint density at radius 2 is 1.75 bits per heavy atom. The fourth-order valence-electron chi connectivity index (χ4n) is 2.12. The highest BCUT2D eigenvalue weighted by molar-refractivity contribution is 7.91. The second kappa shape index (κ2) is 6.98. The van der Waals surface area contributed by atoms with Crippen LogP contribution in [0, 0.1) is 6.92 Å². The molecular formula is C17H15NO3S3. The molecule has 0 unspecified atom stereocenters. The Balaban J connectivity index is 1.70. The lowest BCUT2D eigenvalue weighted by Gasteiger charge is -2.02. The molecule has 2 aromatic heterocycles. The highest BCUT2D eigenvalue weighted by atomic mass is 32.2. The van der Waals surface area contributed by atoms with Gasteiger partial charge in [-0.2, -0.15) is 0 Å². The Morgan fingerprint density at radius 3 is 2.42 bits per heavy atom. The summed E-state index contributed by atoms with van der Waals surface area (Å²) < 4.78 is 27.3. The zero-order valence-corrected chi connectivity index (χ0v) is 15.3. The number of carbonyl (C=O) groups excluding carboxylic acids is 1. The molecule has 124 valence electrons. The summed E-state index contributed by atoms with van der Waals surface area (Å²) in [7, 11) is -3.51. The molecule has 2 heterocycles. The van der Waals surface area contributed by atoms with Crippen molar-refractivity contribution >= 4 is 38.5 Å². The van der Waals surface area contributed by atoms with Crippen LogP contribution in [0.15, 0.2) is 58.8 Å². The van der Waals surface area contributed by atoms with Crippen molar-refractivity contribution in [2.24, 2.45) is 0 Å². The predicted octanol–water partition coefficient (Wildman–Crippen LogP) is 3.83. The van der Waals surface area contributed by atoms with E-state index in [0.717, 1.165) is 9.75 Å². The topological polar surface area (TPSA) is 63.2 Å². The zero-order valence-electron chi connectivity index (χ0n) is 12.9. The van der Waals surface area contributed by atoms with Gasteiger partial charge in [-0.25, -0.2) is 13.1 Å². The number of sulfonamides is 1. The zero-order chi connectivity index (χ0) is 17.2. The van der Waals surface area contributed by atoms with Gasteiger partial charge in [-0.1, -0.05) is 30.3 Å². The molecule has 1 aromatic carbocycles. The van der Waals surface area contributed by atoms with Crippen LogP contribution in [0.1, 0.15) is 25.0 Å². The van der Waals surface area contributed by atoms with Gasteiger partial charge in [0.05, 0.1) is 4.88 Å². The standard InChI is InChI=1S/C17H15NO3S3/c1-12-7-10-16(22-12)24(20,21)18-11-14-8-9-15(23-14)17(19)13-5-3-2-4-6-13/h2-10,18H,11H2,1H3. The number of hydrogen-bond donors (Lipinski definition) is 1. The van der Waals surface area contributed by atoms with Gasteiger partial charge >= 0.3 is 0 Å². The fourth-order valence-corrected chi connectivity index (χ4v) is 5.46. The Kier molecular flexibility index (Phi) is 4.96. The lowest BCUT2D eigenvalue weighted by Crippen LogP contribution is -2.21. The molecule has 1 N–H and O–H groups in total. The molecule has 3 aromatic rings. The third kappa shape index (κ3) is 3.81. The van der Waals surface area contributed by atoms with Crippen LogP contribution in [-0.2, 0) is 16.6 Å². The fraction of sp³-hybridized carbons (Fsp3) is 0.118. The maximum atomic E-state index is 12.4. The van der Waals surface area contributed by atoms with E-state index in [0.29, 0.717) is 14.6 Å². The van der Waals surface area contributed by atoms with Gasteiger partial charge in [0.1, 0.15) is 4.21 Å². The van der Waals surface area contributed by atoms with Gasteiger partial charge in [-0.3, -0.25) is 4.79 Å². The molecule has 0 radical (unpaired) electrons. The van der Waals surface area contributed by atoms with Crippen LogP contribution < -0.4 is 4.72 Å². The quantitative estimate of drug-likeness (QED) is 0.664. The van der Waals surface area contributed by atoms with Crippen LogP contribution in [0.5, 0.6) is 0 Å². The maximum absolute atomic E-state index is 12.4. The molecule has 0 atom stereocenters. The largest absolute Gasteiger partial charge is 0.288 e. The predicted molar refractivity (Wildman–Crippen MR) is 97.3 cm³/mol. The number of hydrogen-bond acceptors (Lipinski definition) is 5. The first kappa shape index (κ1) is 17.0. The van der Waals surface area contributed by atoms with Crippen LogP contribution in [0.2, 0.25) is 0 Å². The average molecular weight is 378 g/mol. The summed E-state index contributed by atoms with van der Waals surface area (Å²) in [6.45, 7) is 2.04. The van der Waals surface area contributed by atoms with E-state index < -0.39 is 10.0 Å². The summed E-state index contributed by atoms with van der Waals surface area (Å²) in [5.41, 5.74) is 0.626. The number of rotatable bonds is 6. The number of nitrogens with one attached hydrogen (secondary N) is 1. The first-order chi connectivity index (χ1) is 11.5. The van der Waals surface area contributed by atoms with Crippen molar-refractivity contribution in [3.63, 3.8) is 0 Å². The van der Waals surface area contributed by atoms with Gasteiger partial charge < -0.3 is 0 Å². The van der Waals surface area contributed by atoms with E-state index in [9.17, 15) is 13.2 Å². The normalized spacial score (nSPS) is 11.5. The van der Waals surface area contributed by atoms with Gasteiger partial charge in [-0.05, 0) is 31.2 Å². The Bertz CT molecular complexity index is 956. The molecule has 0 fully saturated rings. The first-order valence-electron chi connectivity index (χ1n) is 7.20. The van der Waals surface area contributed by atoms with Crippen LogP contribution in [-0.4, -0.2) is 14.2 Å². The Morgan fingerprint density at radius 1 is 1.00 bits per heavy atom. The lowest BCUT2D eigenvalue weighted by atomic mass is 10.1. The lowest BCUT2D eigenvalue weighted by molar-refractivity contribution is 0.104. The molecule has 0 aliphatic heterocycles. The van der Waals surface area contributed by atoms with E-state index >= 15 is 0 Å². The highest BCUT2D eigenvalue weighted by Gasteiger charge is 2.17. The van der Waals surface area contributed by atoms with Crippen LogP contribution in [0.25, 0.3) is 0 Å². The summed E-state index contributed by atoms with van der Waals surface area (Å²) in [6.07, 6.45) is 0. The van der Waals surface area contributed by atoms with Crippen molar-refractivity contribution in [3.05, 3.63) is 74.8 Å². The number of aryl methyl sites for hydroxylation is 1. The highest BCUT2D eigenvalue weighted by Crippen LogP contribution is 2.23. The monoisotopic (exact) mass is 377 g/mol. The molecular weight excluding hydrogens is 362 g/mol. The van der Waals surface area contributed by atoms with E-state index in [1.165, 1.54) is 22.7 Å². The molecule has 4 nitrogen and oxygen atoms in total. The van der Waals surface area contributed by atoms with Crippen molar-refractivity contribution in [1.29, 1.82) is 0 Å². The average Bonchev–Trinajstić information content (AvgIpc) is 3.22. The van der Waals surface area contributed by atoms with E-state index in [1.807, 2.05) is 25.1 Å². The second-order valence-corrected chi connectivity index (χ2v) is 9.60.